The van der Waals surface area contributed by atoms with Gasteiger partial charge in [0.05, 0.1) is 37.8 Å². The number of aliphatic carboxylic acids is 1. The lowest BCUT2D eigenvalue weighted by Crippen LogP contribution is -2.44. The number of ether oxygens (including phenoxy) is 1. The summed E-state index contributed by atoms with van der Waals surface area (Å²) in [5.74, 6) is -3.02. The lowest BCUT2D eigenvalue weighted by atomic mass is 10.1. The number of rotatable bonds is 17. The van der Waals surface area contributed by atoms with Crippen LogP contribution in [0.5, 0.6) is 0 Å². The molecule has 1 aromatic heterocycles. The number of nitrogens with one attached hydrogen (secondary N) is 2. The molecule has 0 saturated heterocycles. The van der Waals surface area contributed by atoms with Crippen LogP contribution in [-0.2, 0) is 39.9 Å². The van der Waals surface area contributed by atoms with Crippen molar-refractivity contribution in [3.63, 3.8) is 0 Å². The monoisotopic (exact) mass is 768 g/mol. The third kappa shape index (κ3) is 11.3. The highest BCUT2D eigenvalue weighted by atomic mass is 35.5. The van der Waals surface area contributed by atoms with E-state index in [0.717, 1.165) is 17.6 Å². The summed E-state index contributed by atoms with van der Waals surface area (Å²) in [4.78, 5) is 48.9. The zero-order valence-electron chi connectivity index (χ0n) is 23.7. The van der Waals surface area contributed by atoms with Crippen LogP contribution >= 0.6 is 56.1 Å². The average molecular weight is 770 g/mol. The minimum atomic E-state index is -4.38. The number of benzene rings is 2. The maximum atomic E-state index is 13.1. The Morgan fingerprint density at radius 3 is 2.28 bits per heavy atom. The zero-order chi connectivity index (χ0) is 34.1. The van der Waals surface area contributed by atoms with Gasteiger partial charge in [0.25, 0.3) is 5.91 Å². The molecule has 0 fully saturated rings. The van der Waals surface area contributed by atoms with Gasteiger partial charge in [-0.3, -0.25) is 14.4 Å². The second-order valence-corrected chi connectivity index (χ2v) is 17.7. The van der Waals surface area contributed by atoms with E-state index in [-0.39, 0.29) is 29.6 Å². The van der Waals surface area contributed by atoms with Crippen molar-refractivity contribution >= 4 is 99.6 Å². The third-order valence-electron chi connectivity index (χ3n) is 5.74. The van der Waals surface area contributed by atoms with E-state index in [9.17, 15) is 41.1 Å². The van der Waals surface area contributed by atoms with E-state index < -0.39 is 62.6 Å². The SMILES string of the molecule is CS(=O)(=O)c1ccc(C(=O)NCCSSCc2cccc(S(=O)(=O)NC(CC(=O)O)C(=O)COC(=O)c3c(Cl)cccc3Cl)c2)s1. The van der Waals surface area contributed by atoms with E-state index in [1.165, 1.54) is 70.1 Å². The van der Waals surface area contributed by atoms with Gasteiger partial charge in [-0.1, -0.05) is 63.0 Å². The molecule has 1 amide bonds. The van der Waals surface area contributed by atoms with Crippen molar-refractivity contribution in [3.8, 4) is 0 Å². The van der Waals surface area contributed by atoms with E-state index in [2.05, 4.69) is 10.0 Å². The van der Waals surface area contributed by atoms with Crippen LogP contribution < -0.4 is 10.0 Å². The molecule has 1 heterocycles. The number of sulfone groups is 1. The van der Waals surface area contributed by atoms with Crippen molar-refractivity contribution in [3.05, 3.63) is 80.6 Å². The molecule has 1 unspecified atom stereocenters. The van der Waals surface area contributed by atoms with E-state index in [1.807, 2.05) is 0 Å². The lowest BCUT2D eigenvalue weighted by Gasteiger charge is -2.17. The van der Waals surface area contributed by atoms with E-state index in [0.29, 0.717) is 23.6 Å². The fraction of sp³-hybridized carbons (Fsp3) is 0.259. The summed E-state index contributed by atoms with van der Waals surface area (Å²) in [5.41, 5.74) is 0.415. The lowest BCUT2D eigenvalue weighted by molar-refractivity contribution is -0.139. The van der Waals surface area contributed by atoms with Crippen molar-refractivity contribution in [1.29, 1.82) is 0 Å². The molecule has 0 spiro atoms. The number of carbonyl (C=O) groups excluding carboxylic acids is 3. The van der Waals surface area contributed by atoms with Gasteiger partial charge in [-0.2, -0.15) is 4.72 Å². The number of carboxylic acids is 1. The van der Waals surface area contributed by atoms with Gasteiger partial charge in [0.15, 0.2) is 22.2 Å². The summed E-state index contributed by atoms with van der Waals surface area (Å²) in [6, 6.07) is 11.2. The summed E-state index contributed by atoms with van der Waals surface area (Å²) < 4.78 is 56.5. The second kappa shape index (κ2) is 17.0. The fourth-order valence-corrected chi connectivity index (χ4v) is 9.21. The predicted octanol–water partition coefficient (Wildman–Crippen LogP) is 4.32. The predicted molar refractivity (Wildman–Crippen MR) is 178 cm³/mol. The van der Waals surface area contributed by atoms with Crippen LogP contribution in [-0.4, -0.2) is 76.8 Å². The quantitative estimate of drug-likeness (QED) is 0.100. The molecule has 3 rings (SSSR count). The van der Waals surface area contributed by atoms with Gasteiger partial charge in [0.1, 0.15) is 4.21 Å². The average Bonchev–Trinajstić information content (AvgIpc) is 3.49. The standard InChI is InChI=1S/C27H26Cl2N2O10S5/c1-45(37,38)24-9-8-22(44-24)26(35)30-10-11-42-43-15-16-4-2-5-17(12-16)46(39,40)31-20(13-23(33)34)21(32)14-41-27(36)25-18(28)6-3-7-19(25)29/h2-9,12,20,31H,10-11,13-15H2,1H3,(H,30,35)(H,33,34). The van der Waals surface area contributed by atoms with Crippen molar-refractivity contribution < 1.29 is 45.9 Å². The summed E-state index contributed by atoms with van der Waals surface area (Å²) in [7, 11) is -4.96. The van der Waals surface area contributed by atoms with Crippen LogP contribution in [0.4, 0.5) is 0 Å². The second-order valence-electron chi connectivity index (χ2n) is 9.29. The zero-order valence-corrected chi connectivity index (χ0v) is 29.3. The number of thiophene rings is 1. The van der Waals surface area contributed by atoms with Gasteiger partial charge in [-0.15, -0.1) is 11.3 Å². The Balaban J connectivity index is 1.53. The highest BCUT2D eigenvalue weighted by Gasteiger charge is 2.29. The number of amides is 1. The summed E-state index contributed by atoms with van der Waals surface area (Å²) >= 11 is 12.8. The maximum Gasteiger partial charge on any atom is 0.341 e. The summed E-state index contributed by atoms with van der Waals surface area (Å²) in [6.07, 6.45) is 0.160. The summed E-state index contributed by atoms with van der Waals surface area (Å²) in [5, 5.41) is 11.9. The molecule has 46 heavy (non-hydrogen) atoms. The Morgan fingerprint density at radius 1 is 0.978 bits per heavy atom. The number of ketones is 1. The Morgan fingerprint density at radius 2 is 1.65 bits per heavy atom. The maximum absolute atomic E-state index is 13.1. The Hall–Kier alpha value is -2.64. The van der Waals surface area contributed by atoms with Crippen molar-refractivity contribution in [2.45, 2.75) is 27.3 Å². The molecule has 3 N–H and O–H groups in total. The van der Waals surface area contributed by atoms with Gasteiger partial charge >= 0.3 is 11.9 Å². The number of sulfonamides is 1. The molecule has 0 bridgehead atoms. The summed E-state index contributed by atoms with van der Waals surface area (Å²) in [6.45, 7) is -0.634. The first-order valence-electron chi connectivity index (χ1n) is 12.9. The molecule has 0 aliphatic heterocycles. The van der Waals surface area contributed by atoms with Crippen molar-refractivity contribution in [2.75, 3.05) is 25.2 Å². The molecule has 0 aliphatic carbocycles. The Labute approximate surface area is 286 Å². The topological polar surface area (TPSA) is 190 Å². The molecular weight excluding hydrogens is 744 g/mol. The largest absolute Gasteiger partial charge is 0.481 e. The number of carbonyl (C=O) groups is 4. The molecule has 19 heteroatoms. The van der Waals surface area contributed by atoms with Gasteiger partial charge in [-0.05, 0) is 42.0 Å². The normalized spacial score (nSPS) is 12.3. The van der Waals surface area contributed by atoms with Crippen LogP contribution in [0.2, 0.25) is 10.0 Å². The van der Waals surface area contributed by atoms with Crippen molar-refractivity contribution in [1.82, 2.24) is 10.0 Å². The Bertz CT molecular complexity index is 1810. The van der Waals surface area contributed by atoms with E-state index in [1.54, 1.807) is 6.07 Å². The first kappa shape index (κ1) is 37.8. The molecule has 2 aromatic carbocycles. The van der Waals surface area contributed by atoms with E-state index in [4.69, 9.17) is 27.9 Å². The number of hydrogen-bond donors (Lipinski definition) is 3. The molecule has 12 nitrogen and oxygen atoms in total. The van der Waals surface area contributed by atoms with Crippen LogP contribution in [0.15, 0.2) is 63.7 Å². The molecule has 0 aliphatic rings. The van der Waals surface area contributed by atoms with Crippen LogP contribution in [0, 0.1) is 0 Å². The van der Waals surface area contributed by atoms with Crippen molar-refractivity contribution in [2.24, 2.45) is 0 Å². The van der Waals surface area contributed by atoms with Gasteiger partial charge in [-0.25, -0.2) is 21.6 Å². The molecule has 0 saturated carbocycles. The van der Waals surface area contributed by atoms with Crippen LogP contribution in [0.25, 0.3) is 0 Å². The van der Waals surface area contributed by atoms with Crippen LogP contribution in [0.3, 0.4) is 0 Å². The van der Waals surface area contributed by atoms with Gasteiger partial charge < -0.3 is 15.2 Å². The first-order valence-corrected chi connectivity index (χ1v) is 20.3. The number of esters is 1. The molecular formula is C27H26Cl2N2O10S5. The minimum Gasteiger partial charge on any atom is -0.481 e. The smallest absolute Gasteiger partial charge is 0.341 e. The van der Waals surface area contributed by atoms with Gasteiger partial charge in [0.2, 0.25) is 10.0 Å². The molecule has 0 radical (unpaired) electrons. The highest BCUT2D eigenvalue weighted by molar-refractivity contribution is 8.76. The number of halogens is 2. The first-order chi connectivity index (χ1) is 21.6. The number of hydrogen-bond acceptors (Lipinski definition) is 12. The molecule has 248 valence electrons. The van der Waals surface area contributed by atoms with Crippen LogP contribution in [0.1, 0.15) is 32.0 Å². The number of Topliss-reactive ketones (excluding diaryl/α,β-unsaturated/α-hetero) is 1. The minimum absolute atomic E-state index is 0.0308. The van der Waals surface area contributed by atoms with Gasteiger partial charge in [0, 0.05) is 24.3 Å². The highest BCUT2D eigenvalue weighted by Crippen LogP contribution is 2.27. The molecule has 1 atom stereocenters. The Kier molecular flexibility index (Phi) is 13.9. The number of carboxylic acid groups (broad SMARTS) is 1. The van der Waals surface area contributed by atoms with E-state index >= 15 is 0 Å². The molecule has 3 aromatic rings. The fourth-order valence-electron chi connectivity index (χ4n) is 3.56. The third-order valence-corrected chi connectivity index (χ3v) is 13.1.